The lowest BCUT2D eigenvalue weighted by molar-refractivity contribution is -0.120. The molecule has 0 fully saturated rings. The van der Waals surface area contributed by atoms with Gasteiger partial charge in [0.05, 0.1) is 6.20 Å². The maximum absolute atomic E-state index is 13.8. The Labute approximate surface area is 93.4 Å². The lowest BCUT2D eigenvalue weighted by atomic mass is 9.79. The second kappa shape index (κ2) is 3.47. The summed E-state index contributed by atoms with van der Waals surface area (Å²) < 4.78 is 13.8. The van der Waals surface area contributed by atoms with Gasteiger partial charge in [-0.15, -0.1) is 5.11 Å². The molecule has 0 saturated heterocycles. The van der Waals surface area contributed by atoms with Gasteiger partial charge in [-0.05, 0) is 22.6 Å². The number of hydrogen-bond donors (Lipinski definition) is 0. The smallest absolute Gasteiger partial charge is 0.270 e. The van der Waals surface area contributed by atoms with Gasteiger partial charge in [0.2, 0.25) is 0 Å². The summed E-state index contributed by atoms with van der Waals surface area (Å²) in [6.45, 7) is 5.99. The number of allylic oxidation sites excluding steroid dienone is 3. The molecule has 0 aromatic heterocycles. The summed E-state index contributed by atoms with van der Waals surface area (Å²) in [5.41, 5.74) is 1.29. The predicted molar refractivity (Wildman–Crippen MR) is 58.2 cm³/mol. The summed E-state index contributed by atoms with van der Waals surface area (Å²) in [5, 5.41) is 6.92. The molecule has 3 nitrogen and oxygen atoms in total. The fraction of sp³-hybridized carbons (Fsp3) is 0.417. The predicted octanol–water partition coefficient (Wildman–Crippen LogP) is 3.32. The van der Waals surface area contributed by atoms with E-state index in [2.05, 4.69) is 10.2 Å². The molecule has 1 unspecified atom stereocenters. The molecule has 1 heterocycles. The number of halogens is 1. The van der Waals surface area contributed by atoms with Gasteiger partial charge in [0, 0.05) is 0 Å². The zero-order chi connectivity index (χ0) is 11.9. The fourth-order valence-electron chi connectivity index (χ4n) is 1.71. The van der Waals surface area contributed by atoms with Crippen molar-refractivity contribution in [1.29, 1.82) is 0 Å². The first-order chi connectivity index (χ1) is 7.39. The highest BCUT2D eigenvalue weighted by molar-refractivity contribution is 5.87. The van der Waals surface area contributed by atoms with E-state index in [9.17, 15) is 9.18 Å². The fourth-order valence-corrected chi connectivity index (χ4v) is 1.71. The Balaban J connectivity index is 2.48. The normalized spacial score (nSPS) is 24.6. The maximum atomic E-state index is 13.8. The van der Waals surface area contributed by atoms with Crippen LogP contribution in [0.4, 0.5) is 4.39 Å². The standard InChI is InChI=1S/C12H13FN2O/c1-12(2,3)8-4-7-6-14-15-11(16)10(7)9(13)5-8/h4-6,10H,1-3H3. The van der Waals surface area contributed by atoms with Gasteiger partial charge < -0.3 is 0 Å². The molecular weight excluding hydrogens is 207 g/mol. The first-order valence-electron chi connectivity index (χ1n) is 5.13. The molecule has 0 spiro atoms. The topological polar surface area (TPSA) is 41.8 Å². The van der Waals surface area contributed by atoms with Crippen molar-refractivity contribution in [2.75, 3.05) is 0 Å². The van der Waals surface area contributed by atoms with Crippen LogP contribution in [0.3, 0.4) is 0 Å². The maximum Gasteiger partial charge on any atom is 0.278 e. The van der Waals surface area contributed by atoms with Gasteiger partial charge in [0.15, 0.2) is 0 Å². The van der Waals surface area contributed by atoms with E-state index in [4.69, 9.17) is 0 Å². The van der Waals surface area contributed by atoms with Gasteiger partial charge in [0.25, 0.3) is 5.91 Å². The third-order valence-electron chi connectivity index (χ3n) is 2.70. The first kappa shape index (κ1) is 10.9. The van der Waals surface area contributed by atoms with Crippen molar-refractivity contribution < 1.29 is 9.18 Å². The minimum atomic E-state index is -0.872. The zero-order valence-corrected chi connectivity index (χ0v) is 9.49. The second-order valence-corrected chi connectivity index (χ2v) is 4.99. The largest absolute Gasteiger partial charge is 0.278 e. The zero-order valence-electron chi connectivity index (χ0n) is 9.49. The third kappa shape index (κ3) is 1.75. The quantitative estimate of drug-likeness (QED) is 0.617. The first-order valence-corrected chi connectivity index (χ1v) is 5.13. The number of carbonyl (C=O) groups excluding carboxylic acids is 1. The van der Waals surface area contributed by atoms with Gasteiger partial charge >= 0.3 is 0 Å². The van der Waals surface area contributed by atoms with Crippen LogP contribution in [0.15, 0.2) is 45.6 Å². The van der Waals surface area contributed by atoms with Crippen molar-refractivity contribution >= 4 is 5.91 Å². The van der Waals surface area contributed by atoms with Crippen molar-refractivity contribution in [1.82, 2.24) is 0 Å². The molecule has 0 radical (unpaired) electrons. The Morgan fingerprint density at radius 2 is 2.00 bits per heavy atom. The molecule has 1 amide bonds. The van der Waals surface area contributed by atoms with Crippen molar-refractivity contribution in [2.24, 2.45) is 21.6 Å². The molecule has 1 aliphatic heterocycles. The molecule has 1 atom stereocenters. The second-order valence-electron chi connectivity index (χ2n) is 4.99. The summed E-state index contributed by atoms with van der Waals surface area (Å²) in [7, 11) is 0. The van der Waals surface area contributed by atoms with Crippen molar-refractivity contribution in [3.63, 3.8) is 0 Å². The Morgan fingerprint density at radius 1 is 1.31 bits per heavy atom. The van der Waals surface area contributed by atoms with E-state index >= 15 is 0 Å². The molecule has 2 rings (SSSR count). The number of amides is 1. The molecule has 0 N–H and O–H groups in total. The molecular formula is C12H13FN2O. The Bertz CT molecular complexity index is 464. The van der Waals surface area contributed by atoms with Gasteiger partial charge in [0.1, 0.15) is 11.7 Å². The molecule has 0 aromatic carbocycles. The number of azo groups is 1. The van der Waals surface area contributed by atoms with Crippen molar-refractivity contribution in [2.45, 2.75) is 20.8 Å². The van der Waals surface area contributed by atoms with Crippen LogP contribution in [0, 0.1) is 11.3 Å². The van der Waals surface area contributed by atoms with Crippen molar-refractivity contribution in [3.8, 4) is 0 Å². The highest BCUT2D eigenvalue weighted by Crippen LogP contribution is 2.38. The van der Waals surface area contributed by atoms with Gasteiger partial charge in [-0.2, -0.15) is 5.11 Å². The average Bonchev–Trinajstić information content (AvgIpc) is 2.15. The molecule has 0 bridgehead atoms. The van der Waals surface area contributed by atoms with Crippen LogP contribution in [0.5, 0.6) is 0 Å². The number of rotatable bonds is 0. The van der Waals surface area contributed by atoms with Gasteiger partial charge in [-0.3, -0.25) is 4.79 Å². The Hall–Kier alpha value is -1.58. The van der Waals surface area contributed by atoms with Gasteiger partial charge in [-0.25, -0.2) is 4.39 Å². The minimum absolute atomic E-state index is 0.152. The average molecular weight is 220 g/mol. The lowest BCUT2D eigenvalue weighted by Crippen LogP contribution is -2.22. The summed E-state index contributed by atoms with van der Waals surface area (Å²) in [4.78, 5) is 11.4. The van der Waals surface area contributed by atoms with E-state index in [1.54, 1.807) is 0 Å². The minimum Gasteiger partial charge on any atom is -0.270 e. The SMILES string of the molecule is CC(C)(C)C1=CC2=CN=NC(=O)C2C(F)=C1. The van der Waals surface area contributed by atoms with Crippen LogP contribution in [0.25, 0.3) is 0 Å². The highest BCUT2D eigenvalue weighted by Gasteiger charge is 2.33. The summed E-state index contributed by atoms with van der Waals surface area (Å²) in [6, 6.07) is 0. The molecule has 0 saturated carbocycles. The van der Waals surface area contributed by atoms with E-state index in [-0.39, 0.29) is 5.41 Å². The van der Waals surface area contributed by atoms with Crippen LogP contribution in [0.2, 0.25) is 0 Å². The van der Waals surface area contributed by atoms with Crippen LogP contribution < -0.4 is 0 Å². The lowest BCUT2D eigenvalue weighted by Gasteiger charge is -2.27. The van der Waals surface area contributed by atoms with E-state index in [0.29, 0.717) is 5.57 Å². The Morgan fingerprint density at radius 3 is 2.62 bits per heavy atom. The van der Waals surface area contributed by atoms with Crippen LogP contribution >= 0.6 is 0 Å². The van der Waals surface area contributed by atoms with E-state index in [1.165, 1.54) is 12.3 Å². The molecule has 2 aliphatic rings. The summed E-state index contributed by atoms with van der Waals surface area (Å²) in [6.07, 6.45) is 4.70. The van der Waals surface area contributed by atoms with Crippen LogP contribution in [0.1, 0.15) is 20.8 Å². The molecule has 0 aromatic rings. The molecule has 1 aliphatic carbocycles. The third-order valence-corrected chi connectivity index (χ3v) is 2.70. The number of hydrogen-bond acceptors (Lipinski definition) is 2. The summed E-state index contributed by atoms with van der Waals surface area (Å²) >= 11 is 0. The number of carbonyl (C=O) groups is 1. The van der Waals surface area contributed by atoms with E-state index < -0.39 is 17.7 Å². The Kier molecular flexibility index (Phi) is 2.37. The van der Waals surface area contributed by atoms with Crippen LogP contribution in [-0.4, -0.2) is 5.91 Å². The molecule has 4 heteroatoms. The summed E-state index contributed by atoms with van der Waals surface area (Å²) in [5.74, 6) is -1.85. The van der Waals surface area contributed by atoms with Crippen molar-refractivity contribution in [3.05, 3.63) is 35.3 Å². The molecule has 16 heavy (non-hydrogen) atoms. The molecule has 84 valence electrons. The van der Waals surface area contributed by atoms with E-state index in [0.717, 1.165) is 5.57 Å². The van der Waals surface area contributed by atoms with Gasteiger partial charge in [-0.1, -0.05) is 26.8 Å². The van der Waals surface area contributed by atoms with E-state index in [1.807, 2.05) is 26.8 Å². The highest BCUT2D eigenvalue weighted by atomic mass is 19.1. The monoisotopic (exact) mass is 220 g/mol. The number of nitrogens with zero attached hydrogens (tertiary/aromatic N) is 2. The number of fused-ring (bicyclic) bond motifs is 1. The van der Waals surface area contributed by atoms with Crippen LogP contribution in [-0.2, 0) is 4.79 Å².